The highest BCUT2D eigenvalue weighted by Crippen LogP contribution is 2.19. The standard InChI is InChI=1S/C10H16N2O2/c1-7(2)6-14-10-9(5-13)8(3)11-12(10)4/h5,7H,6H2,1-4H3. The topological polar surface area (TPSA) is 44.1 Å². The quantitative estimate of drug-likeness (QED) is 0.687. The number of carbonyl (C=O) groups excluding carboxylic acids is 1. The maximum Gasteiger partial charge on any atom is 0.222 e. The molecule has 0 radical (unpaired) electrons. The summed E-state index contributed by atoms with van der Waals surface area (Å²) in [5, 5.41) is 4.12. The predicted molar refractivity (Wildman–Crippen MR) is 53.7 cm³/mol. The molecule has 1 aromatic rings. The summed E-state index contributed by atoms with van der Waals surface area (Å²) < 4.78 is 7.11. The number of carbonyl (C=O) groups is 1. The first-order chi connectivity index (χ1) is 6.56. The van der Waals surface area contributed by atoms with Crippen molar-refractivity contribution in [3.05, 3.63) is 11.3 Å². The fraction of sp³-hybridized carbons (Fsp3) is 0.600. The minimum absolute atomic E-state index is 0.435. The van der Waals surface area contributed by atoms with Crippen LogP contribution in [-0.4, -0.2) is 22.7 Å². The molecule has 0 saturated carbocycles. The molecule has 1 aromatic heterocycles. The molecule has 0 aliphatic carbocycles. The second kappa shape index (κ2) is 4.26. The predicted octanol–water partition coefficient (Wildman–Crippen LogP) is 1.58. The Morgan fingerprint density at radius 2 is 2.21 bits per heavy atom. The van der Waals surface area contributed by atoms with Crippen molar-refractivity contribution in [2.24, 2.45) is 13.0 Å². The molecule has 14 heavy (non-hydrogen) atoms. The molecule has 78 valence electrons. The fourth-order valence-corrected chi connectivity index (χ4v) is 1.21. The Bertz CT molecular complexity index is 329. The lowest BCUT2D eigenvalue weighted by Gasteiger charge is -2.08. The van der Waals surface area contributed by atoms with E-state index in [0.717, 1.165) is 6.29 Å². The minimum Gasteiger partial charge on any atom is -0.477 e. The molecule has 0 aliphatic heterocycles. The Morgan fingerprint density at radius 1 is 1.57 bits per heavy atom. The van der Waals surface area contributed by atoms with E-state index in [1.54, 1.807) is 18.7 Å². The molecule has 4 nitrogen and oxygen atoms in total. The van der Waals surface area contributed by atoms with Crippen LogP contribution in [0.15, 0.2) is 0 Å². The second-order valence-electron chi connectivity index (χ2n) is 3.75. The van der Waals surface area contributed by atoms with Gasteiger partial charge in [-0.05, 0) is 12.8 Å². The van der Waals surface area contributed by atoms with Crippen LogP contribution in [0.1, 0.15) is 29.9 Å². The Hall–Kier alpha value is -1.32. The second-order valence-corrected chi connectivity index (χ2v) is 3.75. The molecule has 0 spiro atoms. The molecule has 1 rings (SSSR count). The smallest absolute Gasteiger partial charge is 0.222 e. The van der Waals surface area contributed by atoms with Crippen molar-refractivity contribution in [1.82, 2.24) is 9.78 Å². The largest absolute Gasteiger partial charge is 0.477 e. The van der Waals surface area contributed by atoms with E-state index in [-0.39, 0.29) is 0 Å². The van der Waals surface area contributed by atoms with Crippen LogP contribution in [-0.2, 0) is 7.05 Å². The Labute approximate surface area is 83.9 Å². The van der Waals surface area contributed by atoms with Gasteiger partial charge < -0.3 is 4.74 Å². The highest BCUT2D eigenvalue weighted by molar-refractivity contribution is 5.79. The first-order valence-electron chi connectivity index (χ1n) is 4.67. The molecule has 0 aromatic carbocycles. The molecule has 0 saturated heterocycles. The van der Waals surface area contributed by atoms with Gasteiger partial charge in [0.15, 0.2) is 6.29 Å². The molecule has 0 unspecified atom stereocenters. The number of nitrogens with zero attached hydrogens (tertiary/aromatic N) is 2. The monoisotopic (exact) mass is 196 g/mol. The molecular formula is C10H16N2O2. The summed E-state index contributed by atoms with van der Waals surface area (Å²) in [6.45, 7) is 6.51. The molecule has 0 atom stereocenters. The zero-order valence-electron chi connectivity index (χ0n) is 9.07. The number of hydrogen-bond acceptors (Lipinski definition) is 3. The van der Waals surface area contributed by atoms with Gasteiger partial charge in [-0.3, -0.25) is 4.79 Å². The number of hydrogen-bond donors (Lipinski definition) is 0. The van der Waals surface area contributed by atoms with Gasteiger partial charge in [0.05, 0.1) is 17.9 Å². The van der Waals surface area contributed by atoms with Crippen LogP contribution in [0.3, 0.4) is 0 Å². The summed E-state index contributed by atoms with van der Waals surface area (Å²) in [7, 11) is 1.77. The van der Waals surface area contributed by atoms with Gasteiger partial charge in [0, 0.05) is 7.05 Å². The Kier molecular flexibility index (Phi) is 3.28. The van der Waals surface area contributed by atoms with Crippen LogP contribution in [0.4, 0.5) is 0 Å². The molecule has 0 fully saturated rings. The average molecular weight is 196 g/mol. The van der Waals surface area contributed by atoms with E-state index in [9.17, 15) is 4.79 Å². The average Bonchev–Trinajstić information content (AvgIpc) is 2.36. The van der Waals surface area contributed by atoms with Gasteiger partial charge in [-0.15, -0.1) is 0 Å². The van der Waals surface area contributed by atoms with E-state index < -0.39 is 0 Å². The first-order valence-corrected chi connectivity index (χ1v) is 4.67. The van der Waals surface area contributed by atoms with Gasteiger partial charge in [-0.25, -0.2) is 4.68 Å². The third-order valence-electron chi connectivity index (χ3n) is 1.89. The molecular weight excluding hydrogens is 180 g/mol. The van der Waals surface area contributed by atoms with Crippen molar-refractivity contribution in [3.8, 4) is 5.88 Å². The molecule has 0 aliphatic rings. The summed E-state index contributed by atoms with van der Waals surface area (Å²) in [5.74, 6) is 0.996. The first kappa shape index (κ1) is 10.8. The lowest BCUT2D eigenvalue weighted by atomic mass is 10.2. The highest BCUT2D eigenvalue weighted by Gasteiger charge is 2.13. The molecule has 0 N–H and O–H groups in total. The SMILES string of the molecule is Cc1nn(C)c(OCC(C)C)c1C=O. The van der Waals surface area contributed by atoms with E-state index in [1.807, 2.05) is 0 Å². The zero-order valence-corrected chi connectivity index (χ0v) is 9.07. The molecule has 0 bridgehead atoms. The van der Waals surface area contributed by atoms with Gasteiger partial charge in [0.1, 0.15) is 0 Å². The van der Waals surface area contributed by atoms with Gasteiger partial charge in [0.2, 0.25) is 5.88 Å². The van der Waals surface area contributed by atoms with Crippen molar-refractivity contribution in [1.29, 1.82) is 0 Å². The van der Waals surface area contributed by atoms with Crippen LogP contribution in [0.5, 0.6) is 5.88 Å². The number of aryl methyl sites for hydroxylation is 2. The molecule has 0 amide bonds. The van der Waals surface area contributed by atoms with Crippen molar-refractivity contribution in [2.75, 3.05) is 6.61 Å². The van der Waals surface area contributed by atoms with Crippen molar-refractivity contribution in [2.45, 2.75) is 20.8 Å². The van der Waals surface area contributed by atoms with E-state index in [1.165, 1.54) is 0 Å². The molecule has 1 heterocycles. The van der Waals surface area contributed by atoms with Gasteiger partial charge in [0.25, 0.3) is 0 Å². The third kappa shape index (κ3) is 2.13. The number of rotatable bonds is 4. The summed E-state index contributed by atoms with van der Waals surface area (Å²) >= 11 is 0. The minimum atomic E-state index is 0.435. The van der Waals surface area contributed by atoms with Crippen molar-refractivity contribution in [3.63, 3.8) is 0 Å². The van der Waals surface area contributed by atoms with Crippen molar-refractivity contribution >= 4 is 6.29 Å². The van der Waals surface area contributed by atoms with E-state index in [4.69, 9.17) is 4.74 Å². The number of aromatic nitrogens is 2. The third-order valence-corrected chi connectivity index (χ3v) is 1.89. The lowest BCUT2D eigenvalue weighted by molar-refractivity contribution is 0.111. The van der Waals surface area contributed by atoms with Gasteiger partial charge in [-0.2, -0.15) is 5.10 Å². The van der Waals surface area contributed by atoms with Crippen LogP contribution >= 0.6 is 0 Å². The normalized spacial score (nSPS) is 10.6. The zero-order chi connectivity index (χ0) is 10.7. The van der Waals surface area contributed by atoms with Crippen LogP contribution < -0.4 is 4.74 Å². The van der Waals surface area contributed by atoms with Gasteiger partial charge >= 0.3 is 0 Å². The Morgan fingerprint density at radius 3 is 2.71 bits per heavy atom. The molecule has 4 heteroatoms. The van der Waals surface area contributed by atoms with Crippen molar-refractivity contribution < 1.29 is 9.53 Å². The van der Waals surface area contributed by atoms with E-state index in [2.05, 4.69) is 18.9 Å². The number of ether oxygens (including phenoxy) is 1. The summed E-state index contributed by atoms with van der Waals surface area (Å²) in [4.78, 5) is 10.8. The lowest BCUT2D eigenvalue weighted by Crippen LogP contribution is -2.08. The fourth-order valence-electron chi connectivity index (χ4n) is 1.21. The number of aldehydes is 1. The Balaban J connectivity index is 2.89. The highest BCUT2D eigenvalue weighted by atomic mass is 16.5. The van der Waals surface area contributed by atoms with Crippen LogP contribution in [0.25, 0.3) is 0 Å². The summed E-state index contributed by atoms with van der Waals surface area (Å²) in [5.41, 5.74) is 1.26. The summed E-state index contributed by atoms with van der Waals surface area (Å²) in [6, 6.07) is 0. The van der Waals surface area contributed by atoms with Crippen LogP contribution in [0.2, 0.25) is 0 Å². The van der Waals surface area contributed by atoms with E-state index in [0.29, 0.717) is 29.7 Å². The van der Waals surface area contributed by atoms with Crippen LogP contribution in [0, 0.1) is 12.8 Å². The maximum atomic E-state index is 10.8. The maximum absolute atomic E-state index is 10.8. The van der Waals surface area contributed by atoms with E-state index >= 15 is 0 Å². The van der Waals surface area contributed by atoms with Gasteiger partial charge in [-0.1, -0.05) is 13.8 Å². The summed E-state index contributed by atoms with van der Waals surface area (Å²) in [6.07, 6.45) is 0.790.